The minimum Gasteiger partial charge on any atom is -0.497 e. The Morgan fingerprint density at radius 2 is 1.97 bits per heavy atom. The molecule has 1 aliphatic heterocycles. The summed E-state index contributed by atoms with van der Waals surface area (Å²) in [5, 5.41) is 5.76. The molecule has 29 heavy (non-hydrogen) atoms. The van der Waals surface area contributed by atoms with Crippen molar-refractivity contribution in [3.8, 4) is 5.75 Å². The molecule has 3 rings (SSSR count). The number of ether oxygens (including phenoxy) is 2. The summed E-state index contributed by atoms with van der Waals surface area (Å²) in [7, 11) is 5.66. The van der Waals surface area contributed by atoms with Crippen LogP contribution in [0.15, 0.2) is 46.8 Å². The summed E-state index contributed by atoms with van der Waals surface area (Å²) in [5.74, 6) is 1.83. The number of guanidine groups is 1. The molecule has 1 aromatic heterocycles. The minimum atomic E-state index is 0. The molecule has 1 aromatic carbocycles. The van der Waals surface area contributed by atoms with Gasteiger partial charge in [0.2, 0.25) is 0 Å². The summed E-state index contributed by atoms with van der Waals surface area (Å²) in [4.78, 5) is 8.12. The van der Waals surface area contributed by atoms with E-state index in [9.17, 15) is 0 Å². The van der Waals surface area contributed by atoms with E-state index in [1.807, 2.05) is 18.4 Å². The normalized spacial score (nSPS) is 16.0. The Labute approximate surface area is 195 Å². The Morgan fingerprint density at radius 1 is 1.24 bits per heavy atom. The number of nitrogens with zero attached hydrogens (tertiary/aromatic N) is 2. The monoisotopic (exact) mass is 529 g/mol. The molecule has 5 nitrogen and oxygen atoms in total. The van der Waals surface area contributed by atoms with Crippen LogP contribution in [0.1, 0.15) is 23.3 Å². The van der Waals surface area contributed by atoms with E-state index in [1.54, 1.807) is 7.11 Å². The molecule has 0 bridgehead atoms. The van der Waals surface area contributed by atoms with Gasteiger partial charge in [-0.3, -0.25) is 4.99 Å². The first-order valence-corrected chi connectivity index (χ1v) is 10.7. The first-order chi connectivity index (χ1) is 13.7. The van der Waals surface area contributed by atoms with Crippen molar-refractivity contribution in [3.05, 3.63) is 52.2 Å². The van der Waals surface area contributed by atoms with Crippen molar-refractivity contribution in [3.63, 3.8) is 0 Å². The number of aliphatic imine (C=N–C) groups is 1. The maximum absolute atomic E-state index is 5.66. The van der Waals surface area contributed by atoms with Crippen molar-refractivity contribution < 1.29 is 9.47 Å². The summed E-state index contributed by atoms with van der Waals surface area (Å²) in [6.07, 6.45) is 3.04. The zero-order chi connectivity index (χ0) is 19.8. The topological polar surface area (TPSA) is 46.1 Å². The molecule has 1 saturated heterocycles. The van der Waals surface area contributed by atoms with E-state index >= 15 is 0 Å². The summed E-state index contributed by atoms with van der Waals surface area (Å²) in [6, 6.07) is 12.8. The minimum absolute atomic E-state index is 0. The highest BCUT2D eigenvalue weighted by molar-refractivity contribution is 14.0. The highest BCUT2D eigenvalue weighted by Crippen LogP contribution is 2.35. The average Bonchev–Trinajstić information content (AvgIpc) is 3.27. The fourth-order valence-electron chi connectivity index (χ4n) is 3.75. The zero-order valence-corrected chi connectivity index (χ0v) is 20.7. The molecule has 1 N–H and O–H groups in total. The molecule has 2 aromatic rings. The van der Waals surface area contributed by atoms with Crippen LogP contribution in [0.4, 0.5) is 0 Å². The van der Waals surface area contributed by atoms with E-state index in [-0.39, 0.29) is 29.4 Å². The van der Waals surface area contributed by atoms with E-state index in [4.69, 9.17) is 9.47 Å². The molecule has 0 amide bonds. The third-order valence-electron chi connectivity index (χ3n) is 5.58. The second kappa shape index (κ2) is 11.8. The molecule has 0 saturated carbocycles. The fraction of sp³-hybridized carbons (Fsp3) is 0.500. The van der Waals surface area contributed by atoms with E-state index < -0.39 is 0 Å². The predicted octanol–water partition coefficient (Wildman–Crippen LogP) is 4.17. The van der Waals surface area contributed by atoms with Gasteiger partial charge in [-0.2, -0.15) is 0 Å². The zero-order valence-electron chi connectivity index (χ0n) is 17.5. The maximum atomic E-state index is 5.66. The van der Waals surface area contributed by atoms with Crippen molar-refractivity contribution in [1.82, 2.24) is 10.2 Å². The lowest BCUT2D eigenvalue weighted by Crippen LogP contribution is -2.48. The third kappa shape index (κ3) is 6.33. The molecule has 2 heterocycles. The van der Waals surface area contributed by atoms with E-state index in [0.717, 1.165) is 57.3 Å². The van der Waals surface area contributed by atoms with Gasteiger partial charge in [-0.05, 0) is 48.4 Å². The van der Waals surface area contributed by atoms with Crippen molar-refractivity contribution in [1.29, 1.82) is 0 Å². The van der Waals surface area contributed by atoms with Gasteiger partial charge >= 0.3 is 0 Å². The Morgan fingerprint density at radius 3 is 2.55 bits per heavy atom. The molecule has 160 valence electrons. The van der Waals surface area contributed by atoms with Crippen LogP contribution in [-0.2, 0) is 16.6 Å². The highest BCUT2D eigenvalue weighted by atomic mass is 127. The van der Waals surface area contributed by atoms with Crippen molar-refractivity contribution in [2.24, 2.45) is 4.99 Å². The molecule has 7 heteroatoms. The van der Waals surface area contributed by atoms with Crippen LogP contribution in [-0.4, -0.2) is 58.4 Å². The van der Waals surface area contributed by atoms with E-state index in [0.29, 0.717) is 0 Å². The number of nitrogens with one attached hydrogen (secondary N) is 1. The molecule has 0 radical (unpaired) electrons. The van der Waals surface area contributed by atoms with E-state index in [2.05, 4.69) is 64.0 Å². The summed E-state index contributed by atoms with van der Waals surface area (Å²) >= 11 is 1.81. The van der Waals surface area contributed by atoms with Gasteiger partial charge in [-0.25, -0.2) is 0 Å². The third-order valence-corrected chi connectivity index (χ3v) is 6.52. The van der Waals surface area contributed by atoms with Gasteiger partial charge in [0.25, 0.3) is 0 Å². The van der Waals surface area contributed by atoms with Crippen LogP contribution in [0.25, 0.3) is 0 Å². The fourth-order valence-corrected chi connectivity index (χ4v) is 4.44. The number of halogens is 1. The van der Waals surface area contributed by atoms with Crippen LogP contribution in [0, 0.1) is 0 Å². The molecule has 0 spiro atoms. The van der Waals surface area contributed by atoms with Crippen LogP contribution in [0.3, 0.4) is 0 Å². The molecule has 0 unspecified atom stereocenters. The summed E-state index contributed by atoms with van der Waals surface area (Å²) in [6.45, 7) is 3.37. The van der Waals surface area contributed by atoms with Gasteiger partial charge in [0, 0.05) is 50.7 Å². The van der Waals surface area contributed by atoms with Crippen molar-refractivity contribution in [2.75, 3.05) is 47.5 Å². The largest absolute Gasteiger partial charge is 0.497 e. The Balaban J connectivity index is 0.00000300. The molecule has 1 aliphatic rings. The van der Waals surface area contributed by atoms with Crippen LogP contribution in [0.2, 0.25) is 0 Å². The smallest absolute Gasteiger partial charge is 0.193 e. The molecule has 1 fully saturated rings. The number of hydrogen-bond acceptors (Lipinski definition) is 4. The quantitative estimate of drug-likeness (QED) is 0.332. The van der Waals surface area contributed by atoms with Crippen molar-refractivity contribution in [2.45, 2.75) is 24.7 Å². The Bertz CT molecular complexity index is 744. The summed E-state index contributed by atoms with van der Waals surface area (Å²) in [5.41, 5.74) is 1.38. The second-order valence-electron chi connectivity index (χ2n) is 7.27. The van der Waals surface area contributed by atoms with Gasteiger partial charge < -0.3 is 19.7 Å². The predicted molar refractivity (Wildman–Crippen MR) is 132 cm³/mol. The maximum Gasteiger partial charge on any atom is 0.193 e. The standard InChI is InChI=1S/C22H31N3O2S.HI/c1-23-21(25(2)13-10-20-5-4-16-28-20)24-17-22(11-14-27-15-12-22)18-6-8-19(26-3)9-7-18;/h4-9,16H,10-15,17H2,1-3H3,(H,23,24);1H. The van der Waals surface area contributed by atoms with Crippen molar-refractivity contribution >= 4 is 41.3 Å². The number of benzene rings is 1. The molecular weight excluding hydrogens is 497 g/mol. The van der Waals surface area contributed by atoms with Gasteiger partial charge in [0.15, 0.2) is 5.96 Å². The Kier molecular flexibility index (Phi) is 9.71. The first-order valence-electron chi connectivity index (χ1n) is 9.83. The number of hydrogen-bond donors (Lipinski definition) is 1. The average molecular weight is 529 g/mol. The summed E-state index contributed by atoms with van der Waals surface area (Å²) < 4.78 is 11.0. The van der Waals surface area contributed by atoms with Gasteiger partial charge in [0.05, 0.1) is 7.11 Å². The van der Waals surface area contributed by atoms with Crippen LogP contribution < -0.4 is 10.1 Å². The number of methoxy groups -OCH3 is 1. The molecular formula is C22H32IN3O2S. The van der Waals surface area contributed by atoms with Gasteiger partial charge in [0.1, 0.15) is 5.75 Å². The number of thiophene rings is 1. The van der Waals surface area contributed by atoms with Gasteiger partial charge in [-0.1, -0.05) is 18.2 Å². The van der Waals surface area contributed by atoms with E-state index in [1.165, 1.54) is 10.4 Å². The SMILES string of the molecule is CN=C(NCC1(c2ccc(OC)cc2)CCOCC1)N(C)CCc1cccs1.I. The second-order valence-corrected chi connectivity index (χ2v) is 8.31. The Hall–Kier alpha value is -1.32. The lowest BCUT2D eigenvalue weighted by Gasteiger charge is -2.39. The number of rotatable bonds is 7. The van der Waals surface area contributed by atoms with Crippen LogP contribution >= 0.6 is 35.3 Å². The molecule has 0 aliphatic carbocycles. The highest BCUT2D eigenvalue weighted by Gasteiger charge is 2.34. The first kappa shape index (κ1) is 24.0. The molecule has 0 atom stereocenters. The lowest BCUT2D eigenvalue weighted by molar-refractivity contribution is 0.0512. The van der Waals surface area contributed by atoms with Gasteiger partial charge in [-0.15, -0.1) is 35.3 Å². The van der Waals surface area contributed by atoms with Crippen LogP contribution in [0.5, 0.6) is 5.75 Å². The number of likely N-dealkylation sites (N-methyl/N-ethyl adjacent to an activating group) is 1. The lowest BCUT2D eigenvalue weighted by atomic mass is 9.74.